The van der Waals surface area contributed by atoms with Gasteiger partial charge in [-0.2, -0.15) is 0 Å². The van der Waals surface area contributed by atoms with Crippen LogP contribution in [-0.4, -0.2) is 0 Å². The van der Waals surface area contributed by atoms with Gasteiger partial charge in [-0.05, 0) is 36.8 Å². The van der Waals surface area contributed by atoms with Gasteiger partial charge in [0.2, 0.25) is 0 Å². The highest BCUT2D eigenvalue weighted by molar-refractivity contribution is 6.31. The van der Waals surface area contributed by atoms with Crippen LogP contribution in [0.25, 0.3) is 0 Å². The highest BCUT2D eigenvalue weighted by Crippen LogP contribution is 2.23. The molecule has 0 radical (unpaired) electrons. The molecule has 0 heterocycles. The maximum Gasteiger partial charge on any atom is 0.124 e. The van der Waals surface area contributed by atoms with Gasteiger partial charge in [0, 0.05) is 22.7 Å². The topological polar surface area (TPSA) is 35.2 Å². The molecule has 0 saturated carbocycles. The third kappa shape index (κ3) is 3.46. The molecule has 0 fully saturated rings. The average molecular weight is 280 g/mol. The van der Waals surface area contributed by atoms with E-state index in [1.165, 1.54) is 12.1 Å². The summed E-state index contributed by atoms with van der Waals surface area (Å²) in [6.07, 6.45) is 0. The average Bonchev–Trinajstić information content (AvgIpc) is 2.39. The first-order chi connectivity index (χ1) is 9.10. The van der Waals surface area contributed by atoms with Crippen molar-refractivity contribution in [2.24, 2.45) is 5.73 Å². The number of hydrogen-bond donors (Lipinski definition) is 1. The summed E-state index contributed by atoms with van der Waals surface area (Å²) in [5.41, 5.74) is 8.19. The van der Waals surface area contributed by atoms with Gasteiger partial charge in [-0.25, -0.2) is 4.39 Å². The van der Waals surface area contributed by atoms with Gasteiger partial charge in [-0.1, -0.05) is 23.7 Å². The second-order valence-corrected chi connectivity index (χ2v) is 4.75. The molecule has 0 bridgehead atoms. The molecule has 19 heavy (non-hydrogen) atoms. The lowest BCUT2D eigenvalue weighted by Crippen LogP contribution is -2.03. The highest BCUT2D eigenvalue weighted by atomic mass is 35.5. The standard InChI is InChI=1S/C15H15ClFNO/c1-10-2-3-11(14(16)6-10)9-19-15-5-4-13(17)7-12(15)8-18/h2-7H,8-9,18H2,1H3. The van der Waals surface area contributed by atoms with Crippen LogP contribution in [0.1, 0.15) is 16.7 Å². The van der Waals surface area contributed by atoms with E-state index in [9.17, 15) is 4.39 Å². The number of ether oxygens (including phenoxy) is 1. The number of halogens is 2. The number of nitrogens with two attached hydrogens (primary N) is 1. The van der Waals surface area contributed by atoms with Gasteiger partial charge >= 0.3 is 0 Å². The molecular weight excluding hydrogens is 265 g/mol. The zero-order chi connectivity index (χ0) is 13.8. The summed E-state index contributed by atoms with van der Waals surface area (Å²) >= 11 is 6.13. The second-order valence-electron chi connectivity index (χ2n) is 4.34. The number of rotatable bonds is 4. The van der Waals surface area contributed by atoms with Crippen LogP contribution in [-0.2, 0) is 13.2 Å². The summed E-state index contributed by atoms with van der Waals surface area (Å²) in [6.45, 7) is 2.54. The number of aryl methyl sites for hydroxylation is 1. The van der Waals surface area contributed by atoms with Gasteiger partial charge < -0.3 is 10.5 Å². The van der Waals surface area contributed by atoms with Crippen LogP contribution >= 0.6 is 11.6 Å². The third-order valence-corrected chi connectivity index (χ3v) is 3.19. The van der Waals surface area contributed by atoms with Crippen molar-refractivity contribution >= 4 is 11.6 Å². The van der Waals surface area contributed by atoms with Crippen LogP contribution < -0.4 is 10.5 Å². The van der Waals surface area contributed by atoms with Crippen LogP contribution in [0.15, 0.2) is 36.4 Å². The minimum absolute atomic E-state index is 0.231. The van der Waals surface area contributed by atoms with Crippen LogP contribution in [0.4, 0.5) is 4.39 Å². The molecule has 0 saturated heterocycles. The molecule has 0 spiro atoms. The zero-order valence-corrected chi connectivity index (χ0v) is 11.4. The molecule has 2 nitrogen and oxygen atoms in total. The van der Waals surface area contributed by atoms with Crippen molar-refractivity contribution in [3.05, 3.63) is 63.9 Å². The van der Waals surface area contributed by atoms with E-state index in [-0.39, 0.29) is 12.4 Å². The molecule has 0 amide bonds. The Hall–Kier alpha value is -1.58. The van der Waals surface area contributed by atoms with E-state index in [4.69, 9.17) is 22.1 Å². The van der Waals surface area contributed by atoms with Crippen LogP contribution in [0.5, 0.6) is 5.75 Å². The lowest BCUT2D eigenvalue weighted by Gasteiger charge is -2.11. The lowest BCUT2D eigenvalue weighted by atomic mass is 10.1. The molecule has 0 aliphatic heterocycles. The number of hydrogen-bond acceptors (Lipinski definition) is 2. The molecular formula is C15H15ClFNO. The van der Waals surface area contributed by atoms with Crippen molar-refractivity contribution in [2.45, 2.75) is 20.1 Å². The van der Waals surface area contributed by atoms with Crippen molar-refractivity contribution in [2.75, 3.05) is 0 Å². The van der Waals surface area contributed by atoms with Crippen LogP contribution in [0.3, 0.4) is 0 Å². The summed E-state index contributed by atoms with van der Waals surface area (Å²) < 4.78 is 18.7. The molecule has 2 aromatic rings. The monoisotopic (exact) mass is 279 g/mol. The molecule has 2 N–H and O–H groups in total. The molecule has 2 aromatic carbocycles. The van der Waals surface area contributed by atoms with Crippen LogP contribution in [0, 0.1) is 12.7 Å². The highest BCUT2D eigenvalue weighted by Gasteiger charge is 2.06. The van der Waals surface area contributed by atoms with E-state index in [2.05, 4.69) is 0 Å². The van der Waals surface area contributed by atoms with Gasteiger partial charge in [0.15, 0.2) is 0 Å². The Labute approximate surface area is 117 Å². The maximum atomic E-state index is 13.1. The molecule has 2 rings (SSSR count). The predicted molar refractivity (Wildman–Crippen MR) is 74.8 cm³/mol. The Morgan fingerprint density at radius 1 is 1.16 bits per heavy atom. The smallest absolute Gasteiger partial charge is 0.124 e. The lowest BCUT2D eigenvalue weighted by molar-refractivity contribution is 0.302. The summed E-state index contributed by atoms with van der Waals surface area (Å²) in [4.78, 5) is 0. The van der Waals surface area contributed by atoms with E-state index < -0.39 is 0 Å². The van der Waals surface area contributed by atoms with Crippen molar-refractivity contribution in [3.8, 4) is 5.75 Å². The van der Waals surface area contributed by atoms with Crippen molar-refractivity contribution in [1.29, 1.82) is 0 Å². The Kier molecular flexibility index (Phi) is 4.40. The van der Waals surface area contributed by atoms with Crippen molar-refractivity contribution in [1.82, 2.24) is 0 Å². The SMILES string of the molecule is Cc1ccc(COc2ccc(F)cc2CN)c(Cl)c1. The summed E-state index contributed by atoms with van der Waals surface area (Å²) in [6, 6.07) is 10.1. The minimum atomic E-state index is -0.318. The van der Waals surface area contributed by atoms with Gasteiger partial charge in [0.05, 0.1) is 0 Å². The first kappa shape index (κ1) is 13.8. The molecule has 0 atom stereocenters. The Bertz CT molecular complexity index is 586. The fraction of sp³-hybridized carbons (Fsp3) is 0.200. The van der Waals surface area contributed by atoms with Gasteiger partial charge in [-0.3, -0.25) is 0 Å². The van der Waals surface area contributed by atoms with Crippen LogP contribution in [0.2, 0.25) is 5.02 Å². The molecule has 0 aromatic heterocycles. The van der Waals surface area contributed by atoms with Gasteiger partial charge in [0.25, 0.3) is 0 Å². The van der Waals surface area contributed by atoms with Crippen molar-refractivity contribution < 1.29 is 9.13 Å². The van der Waals surface area contributed by atoms with Gasteiger partial charge in [-0.15, -0.1) is 0 Å². The fourth-order valence-corrected chi connectivity index (χ4v) is 2.06. The van der Waals surface area contributed by atoms with E-state index in [0.29, 0.717) is 22.9 Å². The second kappa shape index (κ2) is 6.04. The minimum Gasteiger partial charge on any atom is -0.489 e. The zero-order valence-electron chi connectivity index (χ0n) is 10.6. The normalized spacial score (nSPS) is 10.5. The fourth-order valence-electron chi connectivity index (χ4n) is 1.77. The first-order valence-electron chi connectivity index (χ1n) is 5.96. The van der Waals surface area contributed by atoms with E-state index in [0.717, 1.165) is 11.1 Å². The quantitative estimate of drug-likeness (QED) is 0.923. The first-order valence-corrected chi connectivity index (χ1v) is 6.34. The largest absolute Gasteiger partial charge is 0.489 e. The van der Waals surface area contributed by atoms with E-state index in [1.807, 2.05) is 25.1 Å². The van der Waals surface area contributed by atoms with E-state index >= 15 is 0 Å². The number of benzene rings is 2. The molecule has 100 valence electrons. The van der Waals surface area contributed by atoms with Crippen molar-refractivity contribution in [3.63, 3.8) is 0 Å². The maximum absolute atomic E-state index is 13.1. The van der Waals surface area contributed by atoms with E-state index in [1.54, 1.807) is 6.07 Å². The molecule has 0 aliphatic carbocycles. The Morgan fingerprint density at radius 2 is 1.95 bits per heavy atom. The summed E-state index contributed by atoms with van der Waals surface area (Å²) in [5, 5.41) is 0.663. The van der Waals surface area contributed by atoms with Gasteiger partial charge in [0.1, 0.15) is 18.2 Å². The molecule has 0 unspecified atom stereocenters. The summed E-state index contributed by atoms with van der Waals surface area (Å²) in [7, 11) is 0. The Balaban J connectivity index is 2.14. The summed E-state index contributed by atoms with van der Waals surface area (Å²) in [5.74, 6) is 0.265. The predicted octanol–water partition coefficient (Wildman–Crippen LogP) is 3.83. The molecule has 4 heteroatoms. The third-order valence-electron chi connectivity index (χ3n) is 2.83. The Morgan fingerprint density at radius 3 is 2.63 bits per heavy atom. The molecule has 0 aliphatic rings.